The Balaban J connectivity index is 1.65. The van der Waals surface area contributed by atoms with Crippen LogP contribution in [0.4, 0.5) is 0 Å². The van der Waals surface area contributed by atoms with Gasteiger partial charge in [0.1, 0.15) is 0 Å². The lowest BCUT2D eigenvalue weighted by atomic mass is 9.99. The largest absolute Gasteiger partial charge is 0.382 e. The molecule has 2 heterocycles. The molecule has 3 heteroatoms. The van der Waals surface area contributed by atoms with E-state index in [2.05, 4.69) is 16.7 Å². The Kier molecular flexibility index (Phi) is 5.07. The van der Waals surface area contributed by atoms with E-state index in [0.29, 0.717) is 0 Å². The van der Waals surface area contributed by atoms with E-state index in [4.69, 9.17) is 4.74 Å². The molecule has 0 saturated carbocycles. The van der Waals surface area contributed by atoms with Gasteiger partial charge in [-0.2, -0.15) is 0 Å². The summed E-state index contributed by atoms with van der Waals surface area (Å²) in [5, 5.41) is 0. The van der Waals surface area contributed by atoms with E-state index in [1.807, 2.05) is 0 Å². The lowest BCUT2D eigenvalue weighted by molar-refractivity contribution is 0.0432. The lowest BCUT2D eigenvalue weighted by Gasteiger charge is -2.44. The van der Waals surface area contributed by atoms with Crippen LogP contribution in [0.2, 0.25) is 0 Å². The first-order chi connectivity index (χ1) is 7.90. The van der Waals surface area contributed by atoms with Crippen LogP contribution >= 0.6 is 0 Å². The summed E-state index contributed by atoms with van der Waals surface area (Å²) in [6, 6.07) is 0.856. The van der Waals surface area contributed by atoms with Crippen molar-refractivity contribution in [1.82, 2.24) is 9.80 Å². The lowest BCUT2D eigenvalue weighted by Crippen LogP contribution is -2.54. The molecule has 0 aromatic carbocycles. The number of fused-ring (bicyclic) bond motifs is 1. The summed E-state index contributed by atoms with van der Waals surface area (Å²) in [5.41, 5.74) is 0. The number of nitrogens with zero attached hydrogens (tertiary/aromatic N) is 2. The summed E-state index contributed by atoms with van der Waals surface area (Å²) >= 11 is 0. The molecule has 16 heavy (non-hydrogen) atoms. The first kappa shape index (κ1) is 12.3. The Labute approximate surface area is 99.7 Å². The van der Waals surface area contributed by atoms with E-state index in [1.54, 1.807) is 0 Å². The average Bonchev–Trinajstić information content (AvgIpc) is 2.34. The summed E-state index contributed by atoms with van der Waals surface area (Å²) in [7, 11) is 0. The van der Waals surface area contributed by atoms with Crippen molar-refractivity contribution in [3.8, 4) is 0 Å². The van der Waals surface area contributed by atoms with Gasteiger partial charge in [0, 0.05) is 45.4 Å². The molecule has 0 N–H and O–H groups in total. The first-order valence-corrected chi connectivity index (χ1v) is 6.94. The molecule has 2 aliphatic rings. The van der Waals surface area contributed by atoms with Gasteiger partial charge in [-0.15, -0.1) is 0 Å². The highest BCUT2D eigenvalue weighted by Crippen LogP contribution is 2.20. The van der Waals surface area contributed by atoms with Gasteiger partial charge >= 0.3 is 0 Å². The molecule has 2 rings (SSSR count). The number of ether oxygens (including phenoxy) is 1. The molecule has 0 aliphatic carbocycles. The molecule has 0 spiro atoms. The minimum Gasteiger partial charge on any atom is -0.382 e. The first-order valence-electron chi connectivity index (χ1n) is 6.94. The van der Waals surface area contributed by atoms with Crippen molar-refractivity contribution < 1.29 is 4.74 Å². The smallest absolute Gasteiger partial charge is 0.0478 e. The maximum Gasteiger partial charge on any atom is 0.0478 e. The third-order valence-electron chi connectivity index (χ3n) is 3.89. The van der Waals surface area contributed by atoms with E-state index in [0.717, 1.165) is 19.3 Å². The molecular weight excluding hydrogens is 200 g/mol. The minimum atomic E-state index is 0.856. The molecule has 0 aromatic heterocycles. The van der Waals surface area contributed by atoms with Crippen LogP contribution < -0.4 is 0 Å². The Morgan fingerprint density at radius 2 is 2.12 bits per heavy atom. The van der Waals surface area contributed by atoms with E-state index in [1.165, 1.54) is 58.4 Å². The van der Waals surface area contributed by atoms with Gasteiger partial charge < -0.3 is 9.64 Å². The SMILES string of the molecule is CCOCCCN1CCN2CCCCC2C1. The van der Waals surface area contributed by atoms with Crippen molar-refractivity contribution in [1.29, 1.82) is 0 Å². The summed E-state index contributed by atoms with van der Waals surface area (Å²) in [5.74, 6) is 0. The molecule has 2 fully saturated rings. The highest BCUT2D eigenvalue weighted by molar-refractivity contribution is 4.84. The van der Waals surface area contributed by atoms with Gasteiger partial charge in [0.05, 0.1) is 0 Å². The van der Waals surface area contributed by atoms with Crippen LogP contribution in [-0.4, -0.2) is 61.8 Å². The predicted molar refractivity (Wildman–Crippen MR) is 66.8 cm³/mol. The van der Waals surface area contributed by atoms with Crippen molar-refractivity contribution in [2.45, 2.75) is 38.6 Å². The van der Waals surface area contributed by atoms with Crippen molar-refractivity contribution >= 4 is 0 Å². The molecule has 0 bridgehead atoms. The van der Waals surface area contributed by atoms with Crippen molar-refractivity contribution in [2.75, 3.05) is 45.9 Å². The van der Waals surface area contributed by atoms with Crippen LogP contribution in [0.25, 0.3) is 0 Å². The second-order valence-electron chi connectivity index (χ2n) is 5.04. The maximum absolute atomic E-state index is 5.39. The van der Waals surface area contributed by atoms with Crippen LogP contribution in [-0.2, 0) is 4.74 Å². The van der Waals surface area contributed by atoms with Gasteiger partial charge in [-0.1, -0.05) is 6.42 Å². The molecule has 0 amide bonds. The number of hydrogen-bond acceptors (Lipinski definition) is 3. The standard InChI is InChI=1S/C13H26N2O/c1-2-16-11-5-7-14-9-10-15-8-4-3-6-13(15)12-14/h13H,2-12H2,1H3. The number of hydrogen-bond donors (Lipinski definition) is 0. The Bertz CT molecular complexity index is 198. The van der Waals surface area contributed by atoms with Crippen molar-refractivity contribution in [3.05, 3.63) is 0 Å². The van der Waals surface area contributed by atoms with E-state index in [-0.39, 0.29) is 0 Å². The predicted octanol–water partition coefficient (Wildman–Crippen LogP) is 1.58. The summed E-state index contributed by atoms with van der Waals surface area (Å²) < 4.78 is 5.39. The zero-order valence-electron chi connectivity index (χ0n) is 10.7. The number of piperidine rings is 1. The molecule has 2 saturated heterocycles. The molecule has 3 nitrogen and oxygen atoms in total. The molecule has 2 aliphatic heterocycles. The molecule has 0 aromatic rings. The van der Waals surface area contributed by atoms with Gasteiger partial charge in [0.25, 0.3) is 0 Å². The second-order valence-corrected chi connectivity index (χ2v) is 5.04. The molecule has 94 valence electrons. The van der Waals surface area contributed by atoms with E-state index in [9.17, 15) is 0 Å². The average molecular weight is 226 g/mol. The van der Waals surface area contributed by atoms with Gasteiger partial charge in [-0.25, -0.2) is 0 Å². The van der Waals surface area contributed by atoms with Crippen LogP contribution in [0.15, 0.2) is 0 Å². The van der Waals surface area contributed by atoms with Crippen LogP contribution in [0, 0.1) is 0 Å². The fraction of sp³-hybridized carbons (Fsp3) is 1.00. The van der Waals surface area contributed by atoms with E-state index >= 15 is 0 Å². The van der Waals surface area contributed by atoms with Crippen LogP contribution in [0.3, 0.4) is 0 Å². The summed E-state index contributed by atoms with van der Waals surface area (Å²) in [4.78, 5) is 5.33. The van der Waals surface area contributed by atoms with Gasteiger partial charge in [0.2, 0.25) is 0 Å². The highest BCUT2D eigenvalue weighted by atomic mass is 16.5. The monoisotopic (exact) mass is 226 g/mol. The fourth-order valence-electron chi connectivity index (χ4n) is 2.96. The minimum absolute atomic E-state index is 0.856. The zero-order chi connectivity index (χ0) is 11.2. The van der Waals surface area contributed by atoms with Crippen LogP contribution in [0.5, 0.6) is 0 Å². The van der Waals surface area contributed by atoms with Gasteiger partial charge in [-0.05, 0) is 32.7 Å². The third kappa shape index (κ3) is 3.44. The molecule has 1 unspecified atom stereocenters. The Hall–Kier alpha value is -0.120. The van der Waals surface area contributed by atoms with Gasteiger partial charge in [-0.3, -0.25) is 4.90 Å². The Morgan fingerprint density at radius 3 is 3.00 bits per heavy atom. The fourth-order valence-corrected chi connectivity index (χ4v) is 2.96. The second kappa shape index (κ2) is 6.58. The van der Waals surface area contributed by atoms with Crippen LogP contribution in [0.1, 0.15) is 32.6 Å². The zero-order valence-corrected chi connectivity index (χ0v) is 10.7. The Morgan fingerprint density at radius 1 is 1.19 bits per heavy atom. The quantitative estimate of drug-likeness (QED) is 0.662. The number of piperazine rings is 1. The van der Waals surface area contributed by atoms with Crippen molar-refractivity contribution in [3.63, 3.8) is 0 Å². The topological polar surface area (TPSA) is 15.7 Å². The third-order valence-corrected chi connectivity index (χ3v) is 3.89. The normalized spacial score (nSPS) is 27.9. The maximum atomic E-state index is 5.39. The highest BCUT2D eigenvalue weighted by Gasteiger charge is 2.28. The van der Waals surface area contributed by atoms with Crippen molar-refractivity contribution in [2.24, 2.45) is 0 Å². The van der Waals surface area contributed by atoms with Gasteiger partial charge in [0.15, 0.2) is 0 Å². The number of rotatable bonds is 5. The summed E-state index contributed by atoms with van der Waals surface area (Å²) in [6.07, 6.45) is 5.47. The molecule has 1 atom stereocenters. The molecule has 0 radical (unpaired) electrons. The molecular formula is C13H26N2O. The summed E-state index contributed by atoms with van der Waals surface area (Å²) in [6.45, 7) is 10.3. The van der Waals surface area contributed by atoms with E-state index < -0.39 is 0 Å².